The Morgan fingerprint density at radius 2 is 1.17 bits per heavy atom. The lowest BCUT2D eigenvalue weighted by Crippen LogP contribution is -2.00. The molecule has 10 rings (SSSR count). The van der Waals surface area contributed by atoms with E-state index in [-0.39, 0.29) is 0 Å². The Morgan fingerprint density at radius 3 is 2.02 bits per heavy atom. The van der Waals surface area contributed by atoms with E-state index in [1.165, 1.54) is 4.70 Å². The zero-order chi connectivity index (χ0) is 30.9. The van der Waals surface area contributed by atoms with Crippen molar-refractivity contribution in [3.8, 4) is 45.6 Å². The zero-order valence-corrected chi connectivity index (χ0v) is 25.6. The Kier molecular flexibility index (Phi) is 5.64. The van der Waals surface area contributed by atoms with Gasteiger partial charge < -0.3 is 9.40 Å². The first-order valence-electron chi connectivity index (χ1n) is 15.4. The largest absolute Gasteiger partial charge is 0.456 e. The first-order chi connectivity index (χ1) is 23.3. The maximum absolute atomic E-state index is 6.12. The Bertz CT molecular complexity index is 2780. The summed E-state index contributed by atoms with van der Waals surface area (Å²) in [5.74, 6) is 2.69. The molecule has 4 heterocycles. The minimum atomic E-state index is 0.607. The van der Waals surface area contributed by atoms with Crippen LogP contribution in [0.5, 0.6) is 0 Å². The van der Waals surface area contributed by atoms with Crippen LogP contribution in [-0.4, -0.2) is 24.9 Å². The molecule has 0 saturated heterocycles. The number of furan rings is 1. The van der Waals surface area contributed by atoms with E-state index in [1.807, 2.05) is 78.9 Å². The van der Waals surface area contributed by atoms with Gasteiger partial charge in [-0.2, -0.15) is 0 Å². The number of rotatable bonds is 4. The third-order valence-corrected chi connectivity index (χ3v) is 9.83. The maximum atomic E-state index is 6.12. The van der Waals surface area contributed by atoms with Gasteiger partial charge in [-0.05, 0) is 48.5 Å². The van der Waals surface area contributed by atoms with E-state index in [1.54, 1.807) is 11.3 Å². The summed E-state index contributed by atoms with van der Waals surface area (Å²) in [7, 11) is 0. The molecule has 0 bridgehead atoms. The van der Waals surface area contributed by atoms with Crippen LogP contribution in [-0.2, 0) is 0 Å². The smallest absolute Gasteiger partial charge is 0.164 e. The van der Waals surface area contributed by atoms with Gasteiger partial charge in [-0.1, -0.05) is 84.9 Å². The summed E-state index contributed by atoms with van der Waals surface area (Å²) in [4.78, 5) is 23.8. The van der Waals surface area contributed by atoms with E-state index < -0.39 is 0 Å². The number of thiophene rings is 1. The monoisotopic (exact) mass is 621 g/mol. The molecule has 0 radical (unpaired) electrons. The minimum Gasteiger partial charge on any atom is -0.456 e. The second kappa shape index (κ2) is 10.2. The fourth-order valence-corrected chi connectivity index (χ4v) is 7.70. The molecular formula is C40H23N5OS. The van der Waals surface area contributed by atoms with Gasteiger partial charge in [0.05, 0.1) is 11.0 Å². The predicted molar refractivity (Wildman–Crippen MR) is 191 cm³/mol. The van der Waals surface area contributed by atoms with Crippen LogP contribution in [0.3, 0.4) is 0 Å². The van der Waals surface area contributed by atoms with Crippen molar-refractivity contribution in [2.75, 3.05) is 0 Å². The molecule has 0 spiro atoms. The standard InChI is InChI=1S/C40H23N5OS/c1-2-10-23(11-3-1)37-43-38(24-20-21-32-28(22-24)25-12-4-7-17-31(25)46-32)45-40(44-37)27-14-9-19-34-36(27)35-26(13-8-18-33(35)47-34)39-41-29-15-5-6-16-30(29)42-39/h1-22H,(H,41,42). The predicted octanol–water partition coefficient (Wildman–Crippen LogP) is 10.7. The molecule has 6 nitrogen and oxygen atoms in total. The number of nitrogens with one attached hydrogen (secondary N) is 1. The second-order valence-electron chi connectivity index (χ2n) is 11.5. The summed E-state index contributed by atoms with van der Waals surface area (Å²) >= 11 is 1.77. The quantitative estimate of drug-likeness (QED) is 0.211. The van der Waals surface area contributed by atoms with Gasteiger partial charge in [0, 0.05) is 53.2 Å². The molecular weight excluding hydrogens is 599 g/mol. The second-order valence-corrected chi connectivity index (χ2v) is 12.6. The Labute approximate surface area is 272 Å². The Balaban J connectivity index is 1.23. The number of aromatic amines is 1. The van der Waals surface area contributed by atoms with Crippen LogP contribution in [0.2, 0.25) is 0 Å². The summed E-state index contributed by atoms with van der Waals surface area (Å²) in [6, 6.07) is 45.3. The molecule has 47 heavy (non-hydrogen) atoms. The molecule has 0 aliphatic heterocycles. The summed E-state index contributed by atoms with van der Waals surface area (Å²) in [6.07, 6.45) is 0. The minimum absolute atomic E-state index is 0.607. The number of fused-ring (bicyclic) bond motifs is 7. The Morgan fingerprint density at radius 1 is 0.489 bits per heavy atom. The fraction of sp³-hybridized carbons (Fsp3) is 0. The maximum Gasteiger partial charge on any atom is 0.164 e. The van der Waals surface area contributed by atoms with Crippen molar-refractivity contribution < 1.29 is 4.42 Å². The van der Waals surface area contributed by atoms with Gasteiger partial charge in [-0.25, -0.2) is 19.9 Å². The fourth-order valence-electron chi connectivity index (χ4n) is 6.54. The number of H-pyrrole nitrogens is 1. The number of hydrogen-bond acceptors (Lipinski definition) is 6. The van der Waals surface area contributed by atoms with Gasteiger partial charge in [0.2, 0.25) is 0 Å². The molecule has 0 fully saturated rings. The molecule has 0 atom stereocenters. The molecule has 0 aliphatic rings. The summed E-state index contributed by atoms with van der Waals surface area (Å²) in [5.41, 5.74) is 7.47. The average Bonchev–Trinajstić information content (AvgIpc) is 3.84. The van der Waals surface area contributed by atoms with Crippen LogP contribution in [0.1, 0.15) is 0 Å². The summed E-state index contributed by atoms with van der Waals surface area (Å²) < 4.78 is 8.46. The van der Waals surface area contributed by atoms with Crippen LogP contribution >= 0.6 is 11.3 Å². The van der Waals surface area contributed by atoms with Crippen LogP contribution < -0.4 is 0 Å². The first-order valence-corrected chi connectivity index (χ1v) is 16.2. The zero-order valence-electron chi connectivity index (χ0n) is 24.8. The highest BCUT2D eigenvalue weighted by Gasteiger charge is 2.20. The number of para-hydroxylation sites is 3. The molecule has 0 unspecified atom stereocenters. The SMILES string of the molecule is c1ccc(-c2nc(-c3ccc4oc5ccccc5c4c3)nc(-c3cccc4sc5cccc(-c6nc7ccccc7[nH]6)c5c34)n2)cc1. The van der Waals surface area contributed by atoms with Crippen LogP contribution in [0.25, 0.3) is 98.7 Å². The number of imidazole rings is 1. The van der Waals surface area contributed by atoms with Crippen LogP contribution in [0.15, 0.2) is 138 Å². The average molecular weight is 622 g/mol. The van der Waals surface area contributed by atoms with Crippen molar-refractivity contribution in [1.82, 2.24) is 24.9 Å². The van der Waals surface area contributed by atoms with Gasteiger partial charge >= 0.3 is 0 Å². The number of nitrogens with zero attached hydrogens (tertiary/aromatic N) is 4. The molecule has 0 saturated carbocycles. The van der Waals surface area contributed by atoms with E-state index >= 15 is 0 Å². The lowest BCUT2D eigenvalue weighted by molar-refractivity contribution is 0.669. The first kappa shape index (κ1) is 26.1. The van der Waals surface area contributed by atoms with Crippen LogP contribution in [0.4, 0.5) is 0 Å². The summed E-state index contributed by atoms with van der Waals surface area (Å²) in [5, 5.41) is 4.34. The summed E-state index contributed by atoms with van der Waals surface area (Å²) in [6.45, 7) is 0. The van der Waals surface area contributed by atoms with Crippen molar-refractivity contribution in [2.45, 2.75) is 0 Å². The van der Waals surface area contributed by atoms with Gasteiger partial charge in [0.25, 0.3) is 0 Å². The van der Waals surface area contributed by atoms with E-state index in [4.69, 9.17) is 24.4 Å². The van der Waals surface area contributed by atoms with E-state index in [0.29, 0.717) is 17.5 Å². The van der Waals surface area contributed by atoms with Crippen LogP contribution in [0, 0.1) is 0 Å². The lowest BCUT2D eigenvalue weighted by Gasteiger charge is -2.10. The van der Waals surface area contributed by atoms with E-state index in [2.05, 4.69) is 59.6 Å². The third-order valence-electron chi connectivity index (χ3n) is 8.71. The molecule has 10 aromatic rings. The number of hydrogen-bond donors (Lipinski definition) is 1. The number of benzene rings is 6. The van der Waals surface area contributed by atoms with Gasteiger partial charge in [0.15, 0.2) is 17.5 Å². The van der Waals surface area contributed by atoms with Crippen molar-refractivity contribution in [1.29, 1.82) is 0 Å². The highest BCUT2D eigenvalue weighted by molar-refractivity contribution is 7.26. The molecule has 6 aromatic carbocycles. The highest BCUT2D eigenvalue weighted by atomic mass is 32.1. The molecule has 7 heteroatoms. The molecule has 220 valence electrons. The molecule has 1 N–H and O–H groups in total. The lowest BCUT2D eigenvalue weighted by atomic mass is 10.0. The van der Waals surface area contributed by atoms with Crippen molar-refractivity contribution >= 4 is 64.5 Å². The van der Waals surface area contributed by atoms with E-state index in [0.717, 1.165) is 76.5 Å². The molecule has 4 aromatic heterocycles. The highest BCUT2D eigenvalue weighted by Crippen LogP contribution is 2.44. The third kappa shape index (κ3) is 4.17. The van der Waals surface area contributed by atoms with Crippen molar-refractivity contribution in [3.05, 3.63) is 133 Å². The normalized spacial score (nSPS) is 11.8. The van der Waals surface area contributed by atoms with E-state index in [9.17, 15) is 0 Å². The topological polar surface area (TPSA) is 80.5 Å². The van der Waals surface area contributed by atoms with Crippen molar-refractivity contribution in [2.24, 2.45) is 0 Å². The van der Waals surface area contributed by atoms with Gasteiger partial charge in [-0.3, -0.25) is 0 Å². The molecule has 0 amide bonds. The van der Waals surface area contributed by atoms with Gasteiger partial charge in [0.1, 0.15) is 17.0 Å². The Hall–Kier alpha value is -6.18. The number of aromatic nitrogens is 5. The molecule has 0 aliphatic carbocycles. The van der Waals surface area contributed by atoms with Crippen molar-refractivity contribution in [3.63, 3.8) is 0 Å². The van der Waals surface area contributed by atoms with Gasteiger partial charge in [-0.15, -0.1) is 11.3 Å².